The Hall–Kier alpha value is -0.0800. The molecule has 1 saturated carbocycles. The van der Waals surface area contributed by atoms with Gasteiger partial charge in [-0.3, -0.25) is 0 Å². The van der Waals surface area contributed by atoms with Crippen molar-refractivity contribution in [3.05, 3.63) is 0 Å². The van der Waals surface area contributed by atoms with Crippen LogP contribution in [0, 0.1) is 0 Å². The molecule has 0 amide bonds. The SMILES string of the molecule is CC1(C)O[C@]1(C)C1(O)CCCCC1. The van der Waals surface area contributed by atoms with Gasteiger partial charge in [-0.1, -0.05) is 19.3 Å². The van der Waals surface area contributed by atoms with Crippen molar-refractivity contribution >= 4 is 0 Å². The van der Waals surface area contributed by atoms with E-state index in [2.05, 4.69) is 20.8 Å². The van der Waals surface area contributed by atoms with E-state index in [1.165, 1.54) is 6.42 Å². The van der Waals surface area contributed by atoms with Crippen LogP contribution >= 0.6 is 0 Å². The van der Waals surface area contributed by atoms with Gasteiger partial charge in [-0.2, -0.15) is 0 Å². The summed E-state index contributed by atoms with van der Waals surface area (Å²) in [5.41, 5.74) is -0.978. The minimum absolute atomic E-state index is 0.126. The van der Waals surface area contributed by atoms with Gasteiger partial charge in [0.1, 0.15) is 5.60 Å². The third-order valence-electron chi connectivity index (χ3n) is 4.14. The Balaban J connectivity index is 2.15. The van der Waals surface area contributed by atoms with Crippen LogP contribution in [0.5, 0.6) is 0 Å². The van der Waals surface area contributed by atoms with Crippen molar-refractivity contribution < 1.29 is 9.84 Å². The molecule has 2 fully saturated rings. The van der Waals surface area contributed by atoms with E-state index >= 15 is 0 Å². The summed E-state index contributed by atoms with van der Waals surface area (Å²) in [6, 6.07) is 0. The van der Waals surface area contributed by atoms with Gasteiger partial charge >= 0.3 is 0 Å². The molecule has 0 aromatic rings. The zero-order valence-electron chi connectivity index (χ0n) is 8.89. The zero-order chi connectivity index (χ0) is 9.74. The highest BCUT2D eigenvalue weighted by atomic mass is 16.6. The third-order valence-corrected chi connectivity index (χ3v) is 4.14. The molecule has 2 nitrogen and oxygen atoms in total. The van der Waals surface area contributed by atoms with Gasteiger partial charge in [0, 0.05) is 0 Å². The summed E-state index contributed by atoms with van der Waals surface area (Å²) in [5.74, 6) is 0. The van der Waals surface area contributed by atoms with Gasteiger partial charge in [-0.15, -0.1) is 0 Å². The fraction of sp³-hybridized carbons (Fsp3) is 1.00. The van der Waals surface area contributed by atoms with E-state index in [1.807, 2.05) is 0 Å². The largest absolute Gasteiger partial charge is 0.387 e. The van der Waals surface area contributed by atoms with Gasteiger partial charge in [-0.25, -0.2) is 0 Å². The van der Waals surface area contributed by atoms with Gasteiger partial charge < -0.3 is 9.84 Å². The number of rotatable bonds is 1. The highest BCUT2D eigenvalue weighted by molar-refractivity contribution is 5.19. The second-order valence-corrected chi connectivity index (χ2v) is 5.24. The van der Waals surface area contributed by atoms with E-state index in [-0.39, 0.29) is 11.2 Å². The number of ether oxygens (including phenoxy) is 1. The Labute approximate surface area is 80.3 Å². The molecule has 2 aliphatic rings. The Kier molecular flexibility index (Phi) is 1.81. The lowest BCUT2D eigenvalue weighted by atomic mass is 9.72. The van der Waals surface area contributed by atoms with E-state index in [4.69, 9.17) is 4.74 Å². The topological polar surface area (TPSA) is 32.8 Å². The Morgan fingerprint density at radius 1 is 1.00 bits per heavy atom. The van der Waals surface area contributed by atoms with Crippen LogP contribution in [0.1, 0.15) is 52.9 Å². The van der Waals surface area contributed by atoms with Crippen LogP contribution < -0.4 is 0 Å². The summed E-state index contributed by atoms with van der Waals surface area (Å²) in [7, 11) is 0. The molecule has 0 spiro atoms. The van der Waals surface area contributed by atoms with Crippen LogP contribution in [0.2, 0.25) is 0 Å². The normalized spacial score (nSPS) is 41.5. The summed E-state index contributed by atoms with van der Waals surface area (Å²) < 4.78 is 5.68. The number of hydrogen-bond acceptors (Lipinski definition) is 2. The molecule has 2 rings (SSSR count). The van der Waals surface area contributed by atoms with E-state index in [1.54, 1.807) is 0 Å². The second kappa shape index (κ2) is 2.48. The number of aliphatic hydroxyl groups is 1. The first kappa shape index (κ1) is 9.47. The minimum atomic E-state index is -0.561. The van der Waals surface area contributed by atoms with Crippen LogP contribution in [-0.2, 0) is 4.74 Å². The smallest absolute Gasteiger partial charge is 0.123 e. The molecule has 1 heterocycles. The average Bonchev–Trinajstić information content (AvgIpc) is 2.55. The fourth-order valence-electron chi connectivity index (χ4n) is 2.75. The van der Waals surface area contributed by atoms with Crippen molar-refractivity contribution in [2.24, 2.45) is 0 Å². The van der Waals surface area contributed by atoms with Crippen molar-refractivity contribution in [3.63, 3.8) is 0 Å². The lowest BCUT2D eigenvalue weighted by molar-refractivity contribution is -0.0590. The summed E-state index contributed by atoms with van der Waals surface area (Å²) in [4.78, 5) is 0. The molecule has 1 aliphatic heterocycles. The maximum Gasteiger partial charge on any atom is 0.123 e. The molecule has 0 aromatic heterocycles. The second-order valence-electron chi connectivity index (χ2n) is 5.24. The van der Waals surface area contributed by atoms with Crippen molar-refractivity contribution in [3.8, 4) is 0 Å². The molecule has 1 aliphatic carbocycles. The first-order valence-electron chi connectivity index (χ1n) is 5.34. The molecule has 0 bridgehead atoms. The first-order chi connectivity index (χ1) is 5.91. The van der Waals surface area contributed by atoms with Crippen molar-refractivity contribution in [1.29, 1.82) is 0 Å². The maximum atomic E-state index is 10.5. The van der Waals surface area contributed by atoms with Gasteiger partial charge in [0.05, 0.1) is 11.2 Å². The highest BCUT2D eigenvalue weighted by Crippen LogP contribution is 2.57. The Bertz CT molecular complexity index is 216. The standard InChI is InChI=1S/C11H20O2/c1-9(2)10(3,13-9)11(12)7-5-4-6-8-11/h12H,4-8H2,1-3H3/t10-/m0/s1. The summed E-state index contributed by atoms with van der Waals surface area (Å²) in [6.07, 6.45) is 5.37. The van der Waals surface area contributed by atoms with E-state index in [0.29, 0.717) is 0 Å². The summed E-state index contributed by atoms with van der Waals surface area (Å²) >= 11 is 0. The van der Waals surface area contributed by atoms with E-state index in [0.717, 1.165) is 25.7 Å². The molecule has 1 saturated heterocycles. The molecule has 1 N–H and O–H groups in total. The average molecular weight is 184 g/mol. The monoisotopic (exact) mass is 184 g/mol. The van der Waals surface area contributed by atoms with Crippen LogP contribution in [0.4, 0.5) is 0 Å². The fourth-order valence-corrected chi connectivity index (χ4v) is 2.75. The zero-order valence-corrected chi connectivity index (χ0v) is 8.89. The quantitative estimate of drug-likeness (QED) is 0.634. The molecule has 0 radical (unpaired) electrons. The molecule has 13 heavy (non-hydrogen) atoms. The van der Waals surface area contributed by atoms with E-state index in [9.17, 15) is 5.11 Å². The van der Waals surface area contributed by atoms with Crippen molar-refractivity contribution in [2.75, 3.05) is 0 Å². The predicted molar refractivity (Wildman–Crippen MR) is 51.6 cm³/mol. The maximum absolute atomic E-state index is 10.5. The van der Waals surface area contributed by atoms with Crippen LogP contribution in [0.25, 0.3) is 0 Å². The van der Waals surface area contributed by atoms with Gasteiger partial charge in [0.2, 0.25) is 0 Å². The van der Waals surface area contributed by atoms with Crippen molar-refractivity contribution in [1.82, 2.24) is 0 Å². The Morgan fingerprint density at radius 2 is 1.46 bits per heavy atom. The molecular formula is C11H20O2. The van der Waals surface area contributed by atoms with E-state index < -0.39 is 5.60 Å². The van der Waals surface area contributed by atoms with Crippen LogP contribution in [0.3, 0.4) is 0 Å². The molecule has 0 unspecified atom stereocenters. The van der Waals surface area contributed by atoms with Crippen LogP contribution in [0.15, 0.2) is 0 Å². The first-order valence-corrected chi connectivity index (χ1v) is 5.34. The minimum Gasteiger partial charge on any atom is -0.387 e. The third kappa shape index (κ3) is 1.15. The lowest BCUT2D eigenvalue weighted by Gasteiger charge is -2.36. The van der Waals surface area contributed by atoms with Crippen molar-refractivity contribution in [2.45, 2.75) is 69.7 Å². The number of hydrogen-bond donors (Lipinski definition) is 1. The van der Waals surface area contributed by atoms with Gasteiger partial charge in [0.15, 0.2) is 0 Å². The molecule has 76 valence electrons. The van der Waals surface area contributed by atoms with Crippen LogP contribution in [-0.4, -0.2) is 21.9 Å². The lowest BCUT2D eigenvalue weighted by Crippen LogP contribution is -2.48. The summed E-state index contributed by atoms with van der Waals surface area (Å²) in [5, 5.41) is 10.5. The van der Waals surface area contributed by atoms with Gasteiger partial charge in [-0.05, 0) is 33.6 Å². The summed E-state index contributed by atoms with van der Waals surface area (Å²) in [6.45, 7) is 6.19. The predicted octanol–water partition coefficient (Wildman–Crippen LogP) is 2.25. The Morgan fingerprint density at radius 3 is 1.85 bits per heavy atom. The molecule has 0 aromatic carbocycles. The molecule has 2 heteroatoms. The van der Waals surface area contributed by atoms with Gasteiger partial charge in [0.25, 0.3) is 0 Å². The highest BCUT2D eigenvalue weighted by Gasteiger charge is 2.70. The molecule has 1 atom stereocenters. The number of epoxide rings is 1. The molecular weight excluding hydrogens is 164 g/mol.